The molecule has 35 heavy (non-hydrogen) atoms. The van der Waals surface area contributed by atoms with Gasteiger partial charge in [-0.1, -0.05) is 6.07 Å². The Morgan fingerprint density at radius 1 is 1.00 bits per heavy atom. The van der Waals surface area contributed by atoms with E-state index in [0.29, 0.717) is 29.2 Å². The predicted molar refractivity (Wildman–Crippen MR) is 139 cm³/mol. The zero-order chi connectivity index (χ0) is 25.6. The second kappa shape index (κ2) is 11.0. The average Bonchev–Trinajstić information content (AvgIpc) is 2.80. The first-order valence-corrected chi connectivity index (χ1v) is 11.5. The third kappa shape index (κ3) is 6.79. The summed E-state index contributed by atoms with van der Waals surface area (Å²) in [6.07, 6.45) is 1.82. The highest BCUT2D eigenvalue weighted by molar-refractivity contribution is 6.07. The molecule has 2 heterocycles. The van der Waals surface area contributed by atoms with E-state index >= 15 is 0 Å². The van der Waals surface area contributed by atoms with Gasteiger partial charge in [0.15, 0.2) is 0 Å². The molecule has 0 spiro atoms. The van der Waals surface area contributed by atoms with Crippen LogP contribution in [0.15, 0.2) is 60.8 Å². The topological polar surface area (TPSA) is 87.7 Å². The Bertz CT molecular complexity index is 1160. The summed E-state index contributed by atoms with van der Waals surface area (Å²) in [5, 5.41) is 2.91. The average molecular weight is 476 g/mol. The fourth-order valence-electron chi connectivity index (χ4n) is 3.57. The van der Waals surface area contributed by atoms with Gasteiger partial charge in [0.05, 0.1) is 12.2 Å². The molecule has 1 N–H and O–H groups in total. The Labute approximate surface area is 207 Å². The molecular weight excluding hydrogens is 442 g/mol. The number of aromatic nitrogens is 2. The molecular formula is C27H33N5O3. The third-order valence-electron chi connectivity index (χ3n) is 5.23. The number of anilines is 3. The quantitative estimate of drug-likeness (QED) is 0.512. The van der Waals surface area contributed by atoms with Crippen molar-refractivity contribution in [2.75, 3.05) is 35.8 Å². The number of carbonyl (C=O) groups is 2. The largest absolute Gasteiger partial charge is 0.449 e. The van der Waals surface area contributed by atoms with E-state index < -0.39 is 11.6 Å². The summed E-state index contributed by atoms with van der Waals surface area (Å²) in [5.41, 5.74) is 2.96. The van der Waals surface area contributed by atoms with Gasteiger partial charge >= 0.3 is 6.09 Å². The molecule has 8 heteroatoms. The third-order valence-corrected chi connectivity index (χ3v) is 5.23. The second-order valence-corrected chi connectivity index (χ2v) is 9.41. The van der Waals surface area contributed by atoms with Crippen molar-refractivity contribution in [3.8, 4) is 0 Å². The van der Waals surface area contributed by atoms with Crippen molar-refractivity contribution in [3.63, 3.8) is 0 Å². The molecule has 0 unspecified atom stereocenters. The number of pyridine rings is 2. The van der Waals surface area contributed by atoms with Crippen LogP contribution in [-0.2, 0) is 11.2 Å². The second-order valence-electron chi connectivity index (χ2n) is 9.41. The van der Waals surface area contributed by atoms with Gasteiger partial charge in [-0.15, -0.1) is 0 Å². The van der Waals surface area contributed by atoms with Gasteiger partial charge in [-0.3, -0.25) is 14.7 Å². The van der Waals surface area contributed by atoms with Crippen LogP contribution in [0.2, 0.25) is 0 Å². The Kier molecular flexibility index (Phi) is 8.06. The number of carbonyl (C=O) groups excluding carboxylic acids is 2. The Balaban J connectivity index is 1.71. The zero-order valence-electron chi connectivity index (χ0n) is 21.2. The normalized spacial score (nSPS) is 11.0. The van der Waals surface area contributed by atoms with Crippen molar-refractivity contribution in [1.82, 2.24) is 9.97 Å². The Morgan fingerprint density at radius 3 is 2.31 bits per heavy atom. The van der Waals surface area contributed by atoms with Gasteiger partial charge in [-0.25, -0.2) is 9.78 Å². The molecule has 0 saturated heterocycles. The summed E-state index contributed by atoms with van der Waals surface area (Å²) < 4.78 is 5.55. The summed E-state index contributed by atoms with van der Waals surface area (Å²) in [6.45, 7) is 7.94. The van der Waals surface area contributed by atoms with Gasteiger partial charge in [0, 0.05) is 55.0 Å². The van der Waals surface area contributed by atoms with Crippen LogP contribution in [0.3, 0.4) is 0 Å². The van der Waals surface area contributed by atoms with Crippen LogP contribution in [0.25, 0.3) is 0 Å². The standard InChI is InChI=1S/C27H33N5O3/c1-19-10-15-23(24(29-19)31(5)6)25(33)30-21-11-13-22(14-12-21)32(27(2,3)4)26(34)35-18-16-20-9-7-8-17-28-20/h7-15,17H,16,18H2,1-6H3,(H,30,33). The number of ether oxygens (including phenoxy) is 1. The van der Waals surface area contributed by atoms with Crippen molar-refractivity contribution >= 4 is 29.2 Å². The molecule has 3 aromatic rings. The highest BCUT2D eigenvalue weighted by Crippen LogP contribution is 2.27. The molecule has 0 radical (unpaired) electrons. The minimum Gasteiger partial charge on any atom is -0.449 e. The lowest BCUT2D eigenvalue weighted by Crippen LogP contribution is -2.46. The number of aryl methyl sites for hydroxylation is 1. The summed E-state index contributed by atoms with van der Waals surface area (Å²) in [5.74, 6) is 0.349. The first-order chi connectivity index (χ1) is 16.6. The van der Waals surface area contributed by atoms with Crippen LogP contribution in [0, 0.1) is 6.92 Å². The molecule has 2 amide bonds. The molecule has 3 rings (SSSR count). The number of amides is 2. The van der Waals surface area contributed by atoms with Crippen LogP contribution in [0.1, 0.15) is 42.5 Å². The number of hydrogen-bond donors (Lipinski definition) is 1. The molecule has 0 aliphatic heterocycles. The van der Waals surface area contributed by atoms with Gasteiger partial charge in [0.25, 0.3) is 5.91 Å². The maximum atomic E-state index is 13.0. The SMILES string of the molecule is Cc1ccc(C(=O)Nc2ccc(N(C(=O)OCCc3ccccn3)C(C)(C)C)cc2)c(N(C)C)n1. The van der Waals surface area contributed by atoms with Crippen molar-refractivity contribution in [2.24, 2.45) is 0 Å². The van der Waals surface area contributed by atoms with E-state index in [2.05, 4.69) is 15.3 Å². The van der Waals surface area contributed by atoms with E-state index in [1.165, 1.54) is 0 Å². The highest BCUT2D eigenvalue weighted by Gasteiger charge is 2.29. The Morgan fingerprint density at radius 2 is 1.71 bits per heavy atom. The number of benzene rings is 1. The van der Waals surface area contributed by atoms with Gasteiger partial charge in [-0.2, -0.15) is 0 Å². The Hall–Kier alpha value is -3.94. The summed E-state index contributed by atoms with van der Waals surface area (Å²) in [7, 11) is 3.70. The molecule has 0 aliphatic carbocycles. The monoisotopic (exact) mass is 475 g/mol. The number of nitrogens with zero attached hydrogens (tertiary/aromatic N) is 4. The van der Waals surface area contributed by atoms with Crippen molar-refractivity contribution < 1.29 is 14.3 Å². The van der Waals surface area contributed by atoms with E-state index in [9.17, 15) is 9.59 Å². The lowest BCUT2D eigenvalue weighted by molar-refractivity contribution is 0.102. The summed E-state index contributed by atoms with van der Waals surface area (Å²) in [4.78, 5) is 38.0. The van der Waals surface area contributed by atoms with Crippen molar-refractivity contribution in [1.29, 1.82) is 0 Å². The molecule has 0 atom stereocenters. The number of nitrogens with one attached hydrogen (secondary N) is 1. The van der Waals surface area contributed by atoms with E-state index in [1.807, 2.05) is 71.0 Å². The van der Waals surface area contributed by atoms with Crippen LogP contribution < -0.4 is 15.1 Å². The highest BCUT2D eigenvalue weighted by atomic mass is 16.6. The van der Waals surface area contributed by atoms with E-state index in [-0.39, 0.29) is 12.5 Å². The maximum Gasteiger partial charge on any atom is 0.414 e. The van der Waals surface area contributed by atoms with Gasteiger partial charge in [-0.05, 0) is 76.2 Å². The van der Waals surface area contributed by atoms with E-state index in [1.54, 1.807) is 41.4 Å². The van der Waals surface area contributed by atoms with Crippen LogP contribution in [-0.4, -0.2) is 48.2 Å². The molecule has 0 fully saturated rings. The van der Waals surface area contributed by atoms with Gasteiger partial charge in [0.2, 0.25) is 0 Å². The molecule has 0 aliphatic rings. The first kappa shape index (κ1) is 25.7. The summed E-state index contributed by atoms with van der Waals surface area (Å²) >= 11 is 0. The first-order valence-electron chi connectivity index (χ1n) is 11.5. The minimum atomic E-state index is -0.513. The fraction of sp³-hybridized carbons (Fsp3) is 0.333. The van der Waals surface area contributed by atoms with Gasteiger partial charge in [0.1, 0.15) is 5.82 Å². The smallest absolute Gasteiger partial charge is 0.414 e. The zero-order valence-corrected chi connectivity index (χ0v) is 21.2. The fourth-order valence-corrected chi connectivity index (χ4v) is 3.57. The van der Waals surface area contributed by atoms with E-state index in [4.69, 9.17) is 4.74 Å². The van der Waals surface area contributed by atoms with Crippen molar-refractivity contribution in [3.05, 3.63) is 77.7 Å². The van der Waals surface area contributed by atoms with Crippen LogP contribution in [0.5, 0.6) is 0 Å². The molecule has 0 saturated carbocycles. The number of rotatable bonds is 7. The predicted octanol–water partition coefficient (Wildman–Crippen LogP) is 5.09. The van der Waals surface area contributed by atoms with Crippen LogP contribution >= 0.6 is 0 Å². The van der Waals surface area contributed by atoms with Crippen LogP contribution in [0.4, 0.5) is 22.0 Å². The maximum absolute atomic E-state index is 13.0. The van der Waals surface area contributed by atoms with Gasteiger partial charge < -0.3 is 15.0 Å². The van der Waals surface area contributed by atoms with E-state index in [0.717, 1.165) is 11.4 Å². The molecule has 8 nitrogen and oxygen atoms in total. The summed E-state index contributed by atoms with van der Waals surface area (Å²) in [6, 6.07) is 16.4. The molecule has 0 bridgehead atoms. The minimum absolute atomic E-state index is 0.232. The lowest BCUT2D eigenvalue weighted by atomic mass is 10.1. The molecule has 1 aromatic carbocycles. The number of hydrogen-bond acceptors (Lipinski definition) is 6. The molecule has 184 valence electrons. The van der Waals surface area contributed by atoms with Crippen molar-refractivity contribution in [2.45, 2.75) is 39.7 Å². The lowest BCUT2D eigenvalue weighted by Gasteiger charge is -2.34. The molecule has 2 aromatic heterocycles.